The molecule has 0 unspecified atom stereocenters. The summed E-state index contributed by atoms with van der Waals surface area (Å²) in [6.07, 6.45) is 5.89. The second-order valence-electron chi connectivity index (χ2n) is 6.31. The summed E-state index contributed by atoms with van der Waals surface area (Å²) in [5, 5.41) is 9.71. The van der Waals surface area contributed by atoms with Crippen molar-refractivity contribution in [1.29, 1.82) is 0 Å². The molecule has 0 bridgehead atoms. The molecule has 2 aromatic heterocycles. The molecule has 3 heterocycles. The fourth-order valence-corrected chi connectivity index (χ4v) is 3.61. The van der Waals surface area contributed by atoms with Crippen LogP contribution in [0.15, 0.2) is 24.5 Å². The van der Waals surface area contributed by atoms with Crippen LogP contribution in [0, 0.1) is 0 Å². The fourth-order valence-electron chi connectivity index (χ4n) is 3.44. The smallest absolute Gasteiger partial charge is 0.317 e. The second kappa shape index (κ2) is 7.51. The molecule has 2 aromatic rings. The van der Waals surface area contributed by atoms with Crippen LogP contribution in [-0.4, -0.2) is 62.5 Å². The largest absolute Gasteiger partial charge is 0.480 e. The monoisotopic (exact) mass is 350 g/mol. The van der Waals surface area contributed by atoms with E-state index in [1.807, 2.05) is 35.9 Å². The molecule has 0 aliphatic carbocycles. The topological polar surface area (TPSA) is 61.1 Å². The third kappa shape index (κ3) is 4.06. The van der Waals surface area contributed by atoms with Crippen LogP contribution in [0.25, 0.3) is 5.65 Å². The summed E-state index contributed by atoms with van der Waals surface area (Å²) in [7, 11) is 0. The van der Waals surface area contributed by atoms with Gasteiger partial charge in [-0.05, 0) is 31.5 Å². The van der Waals surface area contributed by atoms with Crippen LogP contribution < -0.4 is 0 Å². The zero-order valence-corrected chi connectivity index (χ0v) is 14.6. The van der Waals surface area contributed by atoms with Gasteiger partial charge in [0, 0.05) is 38.1 Å². The van der Waals surface area contributed by atoms with E-state index in [4.69, 9.17) is 16.7 Å². The molecule has 0 radical (unpaired) electrons. The van der Waals surface area contributed by atoms with E-state index < -0.39 is 5.97 Å². The van der Waals surface area contributed by atoms with Crippen molar-refractivity contribution in [2.45, 2.75) is 32.4 Å². The minimum atomic E-state index is -0.748. The van der Waals surface area contributed by atoms with Gasteiger partial charge in [0.2, 0.25) is 0 Å². The van der Waals surface area contributed by atoms with Crippen molar-refractivity contribution in [2.75, 3.05) is 26.2 Å². The van der Waals surface area contributed by atoms with Gasteiger partial charge in [0.15, 0.2) is 0 Å². The van der Waals surface area contributed by atoms with Gasteiger partial charge in [-0.1, -0.05) is 18.5 Å². The minimum Gasteiger partial charge on any atom is -0.480 e. The number of likely N-dealkylation sites (tertiary alicyclic amines) is 1. The Balaban J connectivity index is 1.57. The van der Waals surface area contributed by atoms with Gasteiger partial charge in [-0.2, -0.15) is 0 Å². The molecule has 3 rings (SSSR count). The molecule has 130 valence electrons. The average molecular weight is 351 g/mol. The summed E-state index contributed by atoms with van der Waals surface area (Å²) in [4.78, 5) is 20.0. The number of imidazole rings is 1. The molecule has 6 nitrogen and oxygen atoms in total. The van der Waals surface area contributed by atoms with Gasteiger partial charge >= 0.3 is 5.97 Å². The highest BCUT2D eigenvalue weighted by molar-refractivity contribution is 6.30. The molecular formula is C17H23ClN4O2. The predicted molar refractivity (Wildman–Crippen MR) is 93.4 cm³/mol. The molecule has 0 atom stereocenters. The maximum Gasteiger partial charge on any atom is 0.317 e. The Morgan fingerprint density at radius 2 is 2.12 bits per heavy atom. The SMILES string of the molecule is CCN(CC(=O)O)C1CCN(Cc2cn3cc(Cl)ccc3n2)CC1. The lowest BCUT2D eigenvalue weighted by atomic mass is 10.0. The third-order valence-electron chi connectivity index (χ3n) is 4.67. The van der Waals surface area contributed by atoms with E-state index in [1.54, 1.807) is 0 Å². The number of carbonyl (C=O) groups is 1. The predicted octanol–water partition coefficient (Wildman–Crippen LogP) is 2.36. The van der Waals surface area contributed by atoms with Crippen LogP contribution in [0.4, 0.5) is 0 Å². The van der Waals surface area contributed by atoms with Gasteiger partial charge in [0.1, 0.15) is 5.65 Å². The van der Waals surface area contributed by atoms with E-state index >= 15 is 0 Å². The van der Waals surface area contributed by atoms with Crippen molar-refractivity contribution in [1.82, 2.24) is 19.2 Å². The first-order chi connectivity index (χ1) is 11.5. The maximum atomic E-state index is 11.0. The number of pyridine rings is 1. The van der Waals surface area contributed by atoms with Gasteiger partial charge in [-0.3, -0.25) is 14.6 Å². The number of nitrogens with zero attached hydrogens (tertiary/aromatic N) is 4. The first-order valence-corrected chi connectivity index (χ1v) is 8.74. The van der Waals surface area contributed by atoms with Crippen molar-refractivity contribution < 1.29 is 9.90 Å². The molecule has 1 aliphatic heterocycles. The number of carboxylic acid groups (broad SMARTS) is 1. The fraction of sp³-hybridized carbons (Fsp3) is 0.529. The van der Waals surface area contributed by atoms with Crippen LogP contribution in [0.5, 0.6) is 0 Å². The number of hydrogen-bond donors (Lipinski definition) is 1. The van der Waals surface area contributed by atoms with Crippen LogP contribution in [0.3, 0.4) is 0 Å². The Morgan fingerprint density at radius 1 is 1.38 bits per heavy atom. The normalized spacial score (nSPS) is 17.0. The first-order valence-electron chi connectivity index (χ1n) is 8.36. The third-order valence-corrected chi connectivity index (χ3v) is 4.89. The number of carboxylic acids is 1. The highest BCUT2D eigenvalue weighted by Gasteiger charge is 2.25. The molecule has 0 saturated carbocycles. The molecule has 0 aromatic carbocycles. The van der Waals surface area contributed by atoms with Gasteiger partial charge in [0.25, 0.3) is 0 Å². The van der Waals surface area contributed by atoms with E-state index in [9.17, 15) is 4.79 Å². The number of likely N-dealkylation sites (N-methyl/N-ethyl adjacent to an activating group) is 1. The average Bonchev–Trinajstić information content (AvgIpc) is 2.94. The Labute approximate surface area is 146 Å². The lowest BCUT2D eigenvalue weighted by Gasteiger charge is -2.37. The summed E-state index contributed by atoms with van der Waals surface area (Å²) in [6.45, 7) is 5.69. The van der Waals surface area contributed by atoms with Gasteiger partial charge in [0.05, 0.1) is 17.3 Å². The van der Waals surface area contributed by atoms with E-state index in [-0.39, 0.29) is 6.54 Å². The Hall–Kier alpha value is -1.63. The lowest BCUT2D eigenvalue weighted by Crippen LogP contribution is -2.46. The van der Waals surface area contributed by atoms with Crippen LogP contribution in [0.1, 0.15) is 25.5 Å². The van der Waals surface area contributed by atoms with Crippen LogP contribution in [0.2, 0.25) is 5.02 Å². The Kier molecular flexibility index (Phi) is 5.38. The summed E-state index contributed by atoms with van der Waals surface area (Å²) >= 11 is 6.01. The van der Waals surface area contributed by atoms with Crippen molar-refractivity contribution >= 4 is 23.2 Å². The maximum absolute atomic E-state index is 11.0. The molecule has 24 heavy (non-hydrogen) atoms. The molecule has 1 fully saturated rings. The lowest BCUT2D eigenvalue weighted by molar-refractivity contribution is -0.139. The summed E-state index contributed by atoms with van der Waals surface area (Å²) in [6, 6.07) is 4.13. The molecule has 7 heteroatoms. The number of fused-ring (bicyclic) bond motifs is 1. The van der Waals surface area contributed by atoms with E-state index in [2.05, 4.69) is 14.8 Å². The highest BCUT2D eigenvalue weighted by atomic mass is 35.5. The van der Waals surface area contributed by atoms with E-state index in [1.165, 1.54) is 0 Å². The van der Waals surface area contributed by atoms with Crippen molar-refractivity contribution in [3.63, 3.8) is 0 Å². The first kappa shape index (κ1) is 17.2. The quantitative estimate of drug-likeness (QED) is 0.866. The van der Waals surface area contributed by atoms with Gasteiger partial charge in [-0.15, -0.1) is 0 Å². The number of piperidine rings is 1. The van der Waals surface area contributed by atoms with Gasteiger partial charge in [-0.25, -0.2) is 4.98 Å². The second-order valence-corrected chi connectivity index (χ2v) is 6.75. The molecule has 1 aliphatic rings. The Bertz CT molecular complexity index is 710. The summed E-state index contributed by atoms with van der Waals surface area (Å²) < 4.78 is 1.95. The van der Waals surface area contributed by atoms with E-state index in [0.29, 0.717) is 11.1 Å². The van der Waals surface area contributed by atoms with Gasteiger partial charge < -0.3 is 9.51 Å². The molecular weight excluding hydrogens is 328 g/mol. The number of hydrogen-bond acceptors (Lipinski definition) is 4. The Morgan fingerprint density at radius 3 is 2.79 bits per heavy atom. The standard InChI is InChI=1S/C17H23ClN4O2/c1-2-21(12-17(23)24)15-5-7-20(8-6-15)10-14-11-22-9-13(18)3-4-16(22)19-14/h3-4,9,11,15H,2,5-8,10,12H2,1H3,(H,23,24). The molecule has 1 N–H and O–H groups in total. The summed E-state index contributed by atoms with van der Waals surface area (Å²) in [5.41, 5.74) is 1.94. The number of rotatable bonds is 6. The number of aromatic nitrogens is 2. The summed E-state index contributed by atoms with van der Waals surface area (Å²) in [5.74, 6) is -0.748. The van der Waals surface area contributed by atoms with Crippen LogP contribution in [-0.2, 0) is 11.3 Å². The van der Waals surface area contributed by atoms with E-state index in [0.717, 1.165) is 50.4 Å². The van der Waals surface area contributed by atoms with Crippen LogP contribution >= 0.6 is 11.6 Å². The zero-order valence-electron chi connectivity index (χ0n) is 13.9. The highest BCUT2D eigenvalue weighted by Crippen LogP contribution is 2.19. The van der Waals surface area contributed by atoms with Crippen molar-refractivity contribution in [2.24, 2.45) is 0 Å². The molecule has 0 spiro atoms. The molecule has 1 saturated heterocycles. The van der Waals surface area contributed by atoms with Crippen molar-refractivity contribution in [3.05, 3.63) is 35.2 Å². The zero-order chi connectivity index (χ0) is 17.1. The molecule has 0 amide bonds. The minimum absolute atomic E-state index is 0.133. The number of halogens is 1. The van der Waals surface area contributed by atoms with Crippen molar-refractivity contribution in [3.8, 4) is 0 Å². The number of aliphatic carboxylic acids is 1.